The maximum atomic E-state index is 10.0. The molecule has 0 amide bonds. The molecule has 0 rings (SSSR count). The monoisotopic (exact) mass is 141 g/mol. The summed E-state index contributed by atoms with van der Waals surface area (Å²) in [5.74, 6) is 0. The number of hydrogen-bond donors (Lipinski definition) is 0. The van der Waals surface area contributed by atoms with Gasteiger partial charge in [-0.2, -0.15) is 0 Å². The number of nitrogens with zero attached hydrogens (tertiary/aromatic N) is 1. The van der Waals surface area contributed by atoms with Gasteiger partial charge in [-0.15, -0.1) is 0 Å². The lowest BCUT2D eigenvalue weighted by molar-refractivity contribution is -0.424. The van der Waals surface area contributed by atoms with Crippen LogP contribution in [0.4, 0.5) is 0 Å². The lowest BCUT2D eigenvalue weighted by Gasteiger charge is -1.85. The summed E-state index contributed by atoms with van der Waals surface area (Å²) in [6.07, 6.45) is 5.96. The third-order valence-corrected chi connectivity index (χ3v) is 1.07. The van der Waals surface area contributed by atoms with Gasteiger partial charge < -0.3 is 0 Å². The van der Waals surface area contributed by atoms with Crippen LogP contribution in [0.15, 0.2) is 23.9 Å². The highest BCUT2D eigenvalue weighted by atomic mass is 16.6. The second-order valence-electron chi connectivity index (χ2n) is 1.91. The largest absolute Gasteiger partial charge is 0.259 e. The van der Waals surface area contributed by atoms with E-state index in [1.54, 1.807) is 6.08 Å². The van der Waals surface area contributed by atoms with Gasteiger partial charge in [-0.25, -0.2) is 0 Å². The van der Waals surface area contributed by atoms with E-state index < -0.39 is 0 Å². The maximum Gasteiger partial charge on any atom is 0.239 e. The molecular formula is C7H11NO2. The first-order chi connectivity index (χ1) is 4.68. The van der Waals surface area contributed by atoms with Crippen molar-refractivity contribution in [3.05, 3.63) is 34.0 Å². The molecule has 0 aliphatic carbocycles. The van der Waals surface area contributed by atoms with Crippen molar-refractivity contribution in [3.8, 4) is 0 Å². The Labute approximate surface area is 60.2 Å². The van der Waals surface area contributed by atoms with Crippen LogP contribution in [0.2, 0.25) is 0 Å². The van der Waals surface area contributed by atoms with Crippen molar-refractivity contribution in [1.82, 2.24) is 0 Å². The summed E-state index contributed by atoms with van der Waals surface area (Å²) in [4.78, 5) is 9.62. The Hall–Kier alpha value is -1.12. The molecule has 10 heavy (non-hydrogen) atoms. The highest BCUT2D eigenvalue weighted by Crippen LogP contribution is 1.95. The zero-order chi connectivity index (χ0) is 7.98. The summed E-state index contributed by atoms with van der Waals surface area (Å²) in [5, 5.41) is 10.0. The number of hydrogen-bond acceptors (Lipinski definition) is 2. The van der Waals surface area contributed by atoms with E-state index in [2.05, 4.69) is 0 Å². The van der Waals surface area contributed by atoms with Crippen LogP contribution >= 0.6 is 0 Å². The lowest BCUT2D eigenvalue weighted by atomic mass is 10.3. The van der Waals surface area contributed by atoms with E-state index in [9.17, 15) is 10.1 Å². The van der Waals surface area contributed by atoms with Crippen molar-refractivity contribution in [1.29, 1.82) is 0 Å². The molecular weight excluding hydrogens is 130 g/mol. The summed E-state index contributed by atoms with van der Waals surface area (Å²) in [6, 6.07) is 0. The van der Waals surface area contributed by atoms with E-state index in [0.717, 1.165) is 0 Å². The first-order valence-electron chi connectivity index (χ1n) is 3.10. The number of allylic oxidation sites excluding steroid dienone is 4. The normalized spacial score (nSPS) is 12.4. The SMILES string of the molecule is C/C=C\C/C=C(\C)[N+](=O)[O-]. The molecule has 0 aliphatic rings. The quantitative estimate of drug-likeness (QED) is 0.343. The molecule has 0 fully saturated rings. The molecule has 0 bridgehead atoms. The van der Waals surface area contributed by atoms with Gasteiger partial charge in [0.25, 0.3) is 0 Å². The molecule has 56 valence electrons. The minimum atomic E-state index is -0.385. The van der Waals surface area contributed by atoms with Crippen LogP contribution in [0.3, 0.4) is 0 Å². The van der Waals surface area contributed by atoms with Gasteiger partial charge in [0.2, 0.25) is 5.70 Å². The molecule has 0 aromatic rings. The Morgan fingerprint density at radius 2 is 2.30 bits per heavy atom. The van der Waals surface area contributed by atoms with Crippen LogP contribution in [0.1, 0.15) is 20.3 Å². The van der Waals surface area contributed by atoms with Crippen LogP contribution in [-0.2, 0) is 0 Å². The summed E-state index contributed by atoms with van der Waals surface area (Å²) < 4.78 is 0. The predicted octanol–water partition coefficient (Wildman–Crippen LogP) is 2.13. The summed E-state index contributed by atoms with van der Waals surface area (Å²) in [5.41, 5.74) is 0.207. The molecule has 0 saturated heterocycles. The van der Waals surface area contributed by atoms with Crippen molar-refractivity contribution in [2.24, 2.45) is 0 Å². The Balaban J connectivity index is 3.80. The van der Waals surface area contributed by atoms with Gasteiger partial charge >= 0.3 is 0 Å². The van der Waals surface area contributed by atoms with Crippen LogP contribution in [0.5, 0.6) is 0 Å². The Morgan fingerprint density at radius 3 is 2.70 bits per heavy atom. The molecule has 3 heteroatoms. The van der Waals surface area contributed by atoms with Gasteiger partial charge in [-0.05, 0) is 19.4 Å². The van der Waals surface area contributed by atoms with Gasteiger partial charge in [0.15, 0.2) is 0 Å². The van der Waals surface area contributed by atoms with Crippen molar-refractivity contribution in [2.45, 2.75) is 20.3 Å². The number of nitro groups is 1. The van der Waals surface area contributed by atoms with Gasteiger partial charge in [0.1, 0.15) is 0 Å². The molecule has 0 aromatic carbocycles. The summed E-state index contributed by atoms with van der Waals surface area (Å²) in [7, 11) is 0. The highest BCUT2D eigenvalue weighted by Gasteiger charge is 1.97. The predicted molar refractivity (Wildman–Crippen MR) is 40.2 cm³/mol. The fraction of sp³-hybridized carbons (Fsp3) is 0.429. The van der Waals surface area contributed by atoms with E-state index in [1.165, 1.54) is 6.92 Å². The van der Waals surface area contributed by atoms with E-state index in [0.29, 0.717) is 6.42 Å². The maximum absolute atomic E-state index is 10.0. The zero-order valence-corrected chi connectivity index (χ0v) is 6.20. The van der Waals surface area contributed by atoms with Crippen molar-refractivity contribution in [2.75, 3.05) is 0 Å². The fourth-order valence-electron chi connectivity index (χ4n) is 0.449. The Bertz CT molecular complexity index is 170. The average Bonchev–Trinajstić information content (AvgIpc) is 1.88. The molecule has 0 radical (unpaired) electrons. The summed E-state index contributed by atoms with van der Waals surface area (Å²) in [6.45, 7) is 3.37. The molecule has 0 aromatic heterocycles. The van der Waals surface area contributed by atoms with E-state index in [-0.39, 0.29) is 10.6 Å². The van der Waals surface area contributed by atoms with Crippen LogP contribution in [-0.4, -0.2) is 4.92 Å². The molecule has 0 atom stereocenters. The smallest absolute Gasteiger partial charge is 0.239 e. The third kappa shape index (κ3) is 3.83. The molecule has 3 nitrogen and oxygen atoms in total. The van der Waals surface area contributed by atoms with Gasteiger partial charge in [0.05, 0.1) is 4.92 Å². The molecule has 0 aliphatic heterocycles. The molecule has 0 N–H and O–H groups in total. The second kappa shape index (κ2) is 4.73. The minimum absolute atomic E-state index is 0.207. The minimum Gasteiger partial charge on any atom is -0.259 e. The molecule has 0 saturated carbocycles. The molecule has 0 spiro atoms. The number of rotatable bonds is 3. The third-order valence-electron chi connectivity index (χ3n) is 1.07. The average molecular weight is 141 g/mol. The highest BCUT2D eigenvalue weighted by molar-refractivity contribution is 4.94. The van der Waals surface area contributed by atoms with Gasteiger partial charge in [0, 0.05) is 6.92 Å². The lowest BCUT2D eigenvalue weighted by Crippen LogP contribution is -1.92. The van der Waals surface area contributed by atoms with Crippen LogP contribution in [0, 0.1) is 10.1 Å². The van der Waals surface area contributed by atoms with E-state index >= 15 is 0 Å². The Morgan fingerprint density at radius 1 is 1.70 bits per heavy atom. The van der Waals surface area contributed by atoms with E-state index in [4.69, 9.17) is 0 Å². The Kier molecular flexibility index (Phi) is 4.20. The van der Waals surface area contributed by atoms with Crippen molar-refractivity contribution in [3.63, 3.8) is 0 Å². The topological polar surface area (TPSA) is 43.1 Å². The second-order valence-corrected chi connectivity index (χ2v) is 1.91. The summed E-state index contributed by atoms with van der Waals surface area (Å²) >= 11 is 0. The molecule has 0 heterocycles. The van der Waals surface area contributed by atoms with Crippen LogP contribution < -0.4 is 0 Å². The standard InChI is InChI=1S/C7H11NO2/c1-3-4-5-6-7(2)8(9)10/h3-4,6H,5H2,1-2H3/b4-3-,7-6+. The zero-order valence-electron chi connectivity index (χ0n) is 6.20. The van der Waals surface area contributed by atoms with Crippen molar-refractivity contribution >= 4 is 0 Å². The molecule has 0 unspecified atom stereocenters. The fourth-order valence-corrected chi connectivity index (χ4v) is 0.449. The first-order valence-corrected chi connectivity index (χ1v) is 3.10. The van der Waals surface area contributed by atoms with Gasteiger partial charge in [-0.1, -0.05) is 12.2 Å². The van der Waals surface area contributed by atoms with Crippen LogP contribution in [0.25, 0.3) is 0 Å². The van der Waals surface area contributed by atoms with E-state index in [1.807, 2.05) is 19.1 Å². The van der Waals surface area contributed by atoms with Crippen molar-refractivity contribution < 1.29 is 4.92 Å². The van der Waals surface area contributed by atoms with Gasteiger partial charge in [-0.3, -0.25) is 10.1 Å². The first kappa shape index (κ1) is 8.88.